The van der Waals surface area contributed by atoms with Crippen molar-refractivity contribution in [2.45, 2.75) is 6.29 Å². The largest absolute Gasteiger partial charge is 0.332 e. The van der Waals surface area contributed by atoms with E-state index >= 15 is 0 Å². The van der Waals surface area contributed by atoms with Crippen molar-refractivity contribution in [3.05, 3.63) is 77.0 Å². The maximum Gasteiger partial charge on any atom is 0.263 e. The molecule has 1 aromatic heterocycles. The minimum atomic E-state index is -0.670. The summed E-state index contributed by atoms with van der Waals surface area (Å²) in [7, 11) is 1.64. The average Bonchev–Trinajstić information content (AvgIpc) is 2.77. The molecule has 2 aromatic carbocycles. The zero-order valence-electron chi connectivity index (χ0n) is 16.3. The predicted octanol–water partition coefficient (Wildman–Crippen LogP) is 3.17. The number of nitrogens with one attached hydrogen (secondary N) is 1. The molecule has 3 heterocycles. The second-order valence-corrected chi connectivity index (χ2v) is 7.58. The van der Waals surface area contributed by atoms with Crippen LogP contribution in [0.25, 0.3) is 0 Å². The van der Waals surface area contributed by atoms with Crippen LogP contribution in [0, 0.1) is 5.82 Å². The van der Waals surface area contributed by atoms with E-state index in [1.54, 1.807) is 31.3 Å². The molecule has 1 atom stereocenters. The molecule has 10 heteroatoms. The summed E-state index contributed by atoms with van der Waals surface area (Å²) in [5, 5.41) is 3.50. The van der Waals surface area contributed by atoms with Crippen LogP contribution in [0.4, 0.5) is 21.6 Å². The van der Waals surface area contributed by atoms with Crippen molar-refractivity contribution in [1.29, 1.82) is 0 Å². The van der Waals surface area contributed by atoms with E-state index in [2.05, 4.69) is 15.3 Å². The highest BCUT2D eigenvalue weighted by molar-refractivity contribution is 6.35. The Kier molecular flexibility index (Phi) is 4.48. The Morgan fingerprint density at radius 3 is 2.77 bits per heavy atom. The van der Waals surface area contributed by atoms with Gasteiger partial charge in [-0.15, -0.1) is 0 Å². The number of fused-ring (bicyclic) bond motifs is 2. The van der Waals surface area contributed by atoms with Crippen molar-refractivity contribution in [3.8, 4) is 0 Å². The van der Waals surface area contributed by atoms with Crippen LogP contribution in [-0.2, 0) is 0 Å². The molecule has 2 aliphatic heterocycles. The van der Waals surface area contributed by atoms with E-state index in [-0.39, 0.29) is 29.1 Å². The lowest BCUT2D eigenvalue weighted by Crippen LogP contribution is -2.61. The summed E-state index contributed by atoms with van der Waals surface area (Å²) in [4.78, 5) is 39.1. The fraction of sp³-hybridized carbons (Fsp3) is 0.143. The van der Waals surface area contributed by atoms with Crippen LogP contribution in [0.2, 0.25) is 5.02 Å². The summed E-state index contributed by atoms with van der Waals surface area (Å²) in [5.74, 6) is -0.691. The van der Waals surface area contributed by atoms with Gasteiger partial charge in [0.05, 0.1) is 16.3 Å². The van der Waals surface area contributed by atoms with Gasteiger partial charge in [-0.3, -0.25) is 14.5 Å². The van der Waals surface area contributed by atoms with E-state index in [0.29, 0.717) is 22.8 Å². The number of hydrogen-bond acceptors (Lipinski definition) is 6. The number of benzene rings is 2. The van der Waals surface area contributed by atoms with Gasteiger partial charge in [0, 0.05) is 18.9 Å². The topological polar surface area (TPSA) is 81.7 Å². The summed E-state index contributed by atoms with van der Waals surface area (Å²) in [6, 6.07) is 10.9. The maximum absolute atomic E-state index is 13.9. The minimum Gasteiger partial charge on any atom is -0.332 e. The molecule has 0 spiro atoms. The molecule has 3 aromatic rings. The molecule has 0 saturated carbocycles. The SMILES string of the molecule is CN1C(=O)c2cncnc2NC1N1CN(c2cccc(F)c2)C(=O)c2c(Cl)cccc21. The third-order valence-electron chi connectivity index (χ3n) is 5.36. The molecule has 0 radical (unpaired) electrons. The van der Waals surface area contributed by atoms with Crippen molar-refractivity contribution >= 4 is 40.6 Å². The first kappa shape index (κ1) is 19.3. The molecular formula is C21H16ClFN6O2. The monoisotopic (exact) mass is 438 g/mol. The number of nitrogens with zero attached hydrogens (tertiary/aromatic N) is 5. The minimum absolute atomic E-state index is 0.0608. The smallest absolute Gasteiger partial charge is 0.263 e. The van der Waals surface area contributed by atoms with Crippen LogP contribution in [0.3, 0.4) is 0 Å². The number of anilines is 3. The number of hydrogen-bond donors (Lipinski definition) is 1. The zero-order chi connectivity index (χ0) is 21.7. The van der Waals surface area contributed by atoms with E-state index in [0.717, 1.165) is 0 Å². The van der Waals surface area contributed by atoms with Crippen LogP contribution in [0.5, 0.6) is 0 Å². The summed E-state index contributed by atoms with van der Waals surface area (Å²) >= 11 is 6.40. The van der Waals surface area contributed by atoms with Gasteiger partial charge in [-0.05, 0) is 30.3 Å². The summed E-state index contributed by atoms with van der Waals surface area (Å²) in [6.07, 6.45) is 2.13. The predicted molar refractivity (Wildman–Crippen MR) is 114 cm³/mol. The zero-order valence-corrected chi connectivity index (χ0v) is 17.0. The van der Waals surface area contributed by atoms with Gasteiger partial charge in [-0.1, -0.05) is 23.7 Å². The van der Waals surface area contributed by atoms with Crippen molar-refractivity contribution in [2.24, 2.45) is 0 Å². The molecule has 1 N–H and O–H groups in total. The summed E-state index contributed by atoms with van der Waals surface area (Å²) in [6.45, 7) is 0.0608. The molecule has 31 heavy (non-hydrogen) atoms. The van der Waals surface area contributed by atoms with Crippen molar-refractivity contribution in [2.75, 3.05) is 28.8 Å². The first-order valence-electron chi connectivity index (χ1n) is 9.42. The first-order valence-corrected chi connectivity index (χ1v) is 9.80. The average molecular weight is 439 g/mol. The van der Waals surface area contributed by atoms with E-state index in [9.17, 15) is 14.0 Å². The van der Waals surface area contributed by atoms with Crippen LogP contribution in [0.15, 0.2) is 55.0 Å². The summed E-state index contributed by atoms with van der Waals surface area (Å²) in [5.41, 5.74) is 1.56. The molecule has 0 saturated heterocycles. The number of halogens is 2. The normalized spacial score (nSPS) is 17.9. The second-order valence-electron chi connectivity index (χ2n) is 7.18. The van der Waals surface area contributed by atoms with Gasteiger partial charge in [0.1, 0.15) is 30.2 Å². The highest BCUT2D eigenvalue weighted by Gasteiger charge is 2.40. The molecule has 8 nitrogen and oxygen atoms in total. The number of carbonyl (C=O) groups excluding carboxylic acids is 2. The summed E-state index contributed by atoms with van der Waals surface area (Å²) < 4.78 is 13.9. The first-order chi connectivity index (χ1) is 15.0. The molecule has 0 bridgehead atoms. The van der Waals surface area contributed by atoms with E-state index < -0.39 is 12.1 Å². The number of aromatic nitrogens is 2. The Morgan fingerprint density at radius 1 is 1.16 bits per heavy atom. The fourth-order valence-electron chi connectivity index (χ4n) is 3.85. The second kappa shape index (κ2) is 7.21. The van der Waals surface area contributed by atoms with Gasteiger partial charge in [-0.2, -0.15) is 0 Å². The molecule has 1 unspecified atom stereocenters. The van der Waals surface area contributed by atoms with Crippen LogP contribution in [0.1, 0.15) is 20.7 Å². The van der Waals surface area contributed by atoms with Gasteiger partial charge < -0.3 is 15.1 Å². The van der Waals surface area contributed by atoms with Crippen LogP contribution < -0.4 is 15.1 Å². The third-order valence-corrected chi connectivity index (χ3v) is 5.68. The van der Waals surface area contributed by atoms with Crippen molar-refractivity contribution in [1.82, 2.24) is 14.9 Å². The lowest BCUT2D eigenvalue weighted by Gasteiger charge is -2.47. The van der Waals surface area contributed by atoms with E-state index in [1.807, 2.05) is 4.90 Å². The van der Waals surface area contributed by atoms with Gasteiger partial charge in [-0.25, -0.2) is 14.4 Å². The highest BCUT2D eigenvalue weighted by atomic mass is 35.5. The molecule has 156 valence electrons. The third kappa shape index (κ3) is 3.05. The molecular weight excluding hydrogens is 423 g/mol. The molecule has 2 aliphatic rings. The highest BCUT2D eigenvalue weighted by Crippen LogP contribution is 2.37. The van der Waals surface area contributed by atoms with Gasteiger partial charge in [0.15, 0.2) is 6.29 Å². The Labute approximate surface area is 181 Å². The van der Waals surface area contributed by atoms with Crippen molar-refractivity contribution in [3.63, 3.8) is 0 Å². The van der Waals surface area contributed by atoms with Gasteiger partial charge in [0.2, 0.25) is 0 Å². The Balaban J connectivity index is 1.63. The van der Waals surface area contributed by atoms with E-state index in [1.165, 1.54) is 40.5 Å². The Hall–Kier alpha value is -3.72. The number of amides is 2. The Morgan fingerprint density at radius 2 is 1.97 bits per heavy atom. The van der Waals surface area contributed by atoms with Crippen LogP contribution >= 0.6 is 11.6 Å². The molecule has 0 fully saturated rings. The lowest BCUT2D eigenvalue weighted by molar-refractivity contribution is 0.0729. The fourth-order valence-corrected chi connectivity index (χ4v) is 4.10. The Bertz CT molecular complexity index is 1220. The van der Waals surface area contributed by atoms with Gasteiger partial charge >= 0.3 is 0 Å². The number of carbonyl (C=O) groups is 2. The maximum atomic E-state index is 13.9. The van der Waals surface area contributed by atoms with Crippen molar-refractivity contribution < 1.29 is 14.0 Å². The molecule has 0 aliphatic carbocycles. The quantitative estimate of drug-likeness (QED) is 0.662. The van der Waals surface area contributed by atoms with E-state index in [4.69, 9.17) is 11.6 Å². The van der Waals surface area contributed by atoms with Gasteiger partial charge in [0.25, 0.3) is 11.8 Å². The lowest BCUT2D eigenvalue weighted by atomic mass is 10.1. The molecule has 5 rings (SSSR count). The standard InChI is InChI=1S/C21H16ClFN6O2/c1-27-19(30)14-9-24-10-25-18(14)26-21(27)29-11-28(13-5-2-4-12(23)8-13)20(31)17-15(22)6-3-7-16(17)29/h2-10,21H,11H2,1H3,(H,24,25,26). The van der Waals surface area contributed by atoms with Crippen LogP contribution in [-0.4, -0.2) is 46.7 Å². The number of rotatable bonds is 2. The molecule has 2 amide bonds.